The van der Waals surface area contributed by atoms with E-state index >= 15 is 0 Å². The molecule has 4 nitrogen and oxygen atoms in total. The maximum absolute atomic E-state index is 12.3. The van der Waals surface area contributed by atoms with Gasteiger partial charge in [0.2, 0.25) is 7.37 Å². The van der Waals surface area contributed by atoms with Gasteiger partial charge in [0.25, 0.3) is 0 Å². The summed E-state index contributed by atoms with van der Waals surface area (Å²) in [6, 6.07) is 14.6. The van der Waals surface area contributed by atoms with Gasteiger partial charge in [-0.05, 0) is 30.2 Å². The van der Waals surface area contributed by atoms with Crippen molar-refractivity contribution in [1.82, 2.24) is 5.32 Å². The molecule has 0 aliphatic carbocycles. The summed E-state index contributed by atoms with van der Waals surface area (Å²) in [5.41, 5.74) is 1.72. The molecule has 7 heteroatoms. The van der Waals surface area contributed by atoms with Crippen molar-refractivity contribution in [1.29, 1.82) is 0 Å². The van der Waals surface area contributed by atoms with E-state index in [0.29, 0.717) is 23.0 Å². The van der Waals surface area contributed by atoms with Crippen LogP contribution >= 0.6 is 30.6 Å². The Morgan fingerprint density at radius 1 is 1.08 bits per heavy atom. The van der Waals surface area contributed by atoms with Crippen LogP contribution in [-0.4, -0.2) is 35.4 Å². The van der Waals surface area contributed by atoms with Crippen molar-refractivity contribution in [3.05, 3.63) is 69.7 Å². The van der Waals surface area contributed by atoms with E-state index < -0.39 is 13.5 Å². The quantitative estimate of drug-likeness (QED) is 0.439. The van der Waals surface area contributed by atoms with Gasteiger partial charge >= 0.3 is 0 Å². The average Bonchev–Trinajstić information content (AvgIpc) is 2.55. The Kier molecular flexibility index (Phi) is 7.95. The standard InChI is InChI=1S/C18H22Cl2NO3P/c19-17-8-4-7-15(18(17)20)9-10-21-11-16(22)13-25(23,24)12-14-5-2-1-3-6-14/h1-8,16,21-22H,9-13H2,(H,23,24)/t16-/m1/s1. The Bertz CT molecular complexity index is 728. The van der Waals surface area contributed by atoms with Gasteiger partial charge in [0.05, 0.1) is 22.3 Å². The summed E-state index contributed by atoms with van der Waals surface area (Å²) in [5, 5.41) is 14.2. The molecule has 2 atom stereocenters. The highest BCUT2D eigenvalue weighted by molar-refractivity contribution is 7.57. The number of halogens is 2. The van der Waals surface area contributed by atoms with E-state index in [0.717, 1.165) is 11.1 Å². The van der Waals surface area contributed by atoms with Crippen LogP contribution in [0.5, 0.6) is 0 Å². The normalized spacial score (nSPS) is 14.9. The van der Waals surface area contributed by atoms with Gasteiger partial charge in [0.1, 0.15) is 0 Å². The fraction of sp³-hybridized carbons (Fsp3) is 0.333. The molecule has 0 spiro atoms. The van der Waals surface area contributed by atoms with Crippen molar-refractivity contribution in [2.75, 3.05) is 19.3 Å². The average molecular weight is 402 g/mol. The van der Waals surface area contributed by atoms with Crippen LogP contribution in [0.4, 0.5) is 0 Å². The first kappa shape index (κ1) is 20.4. The van der Waals surface area contributed by atoms with Crippen molar-refractivity contribution in [2.24, 2.45) is 0 Å². The van der Waals surface area contributed by atoms with E-state index in [1.807, 2.05) is 42.5 Å². The molecule has 3 N–H and O–H groups in total. The minimum Gasteiger partial charge on any atom is -0.391 e. The van der Waals surface area contributed by atoms with Crippen molar-refractivity contribution in [3.8, 4) is 0 Å². The molecule has 0 saturated carbocycles. The van der Waals surface area contributed by atoms with Gasteiger partial charge in [0.15, 0.2) is 0 Å². The van der Waals surface area contributed by atoms with E-state index in [1.165, 1.54) is 0 Å². The Hall–Kier alpha value is -0.870. The second-order valence-corrected chi connectivity index (χ2v) is 9.15. The summed E-state index contributed by atoms with van der Waals surface area (Å²) in [7, 11) is -3.42. The topological polar surface area (TPSA) is 69.6 Å². The molecule has 2 aromatic rings. The van der Waals surface area contributed by atoms with E-state index in [1.54, 1.807) is 6.07 Å². The molecule has 2 rings (SSSR count). The molecule has 136 valence electrons. The van der Waals surface area contributed by atoms with Crippen LogP contribution in [0.25, 0.3) is 0 Å². The summed E-state index contributed by atoms with van der Waals surface area (Å²) in [4.78, 5) is 10.1. The second kappa shape index (κ2) is 9.72. The van der Waals surface area contributed by atoms with Gasteiger partial charge in [-0.1, -0.05) is 65.7 Å². The second-order valence-electron chi connectivity index (χ2n) is 5.99. The zero-order valence-corrected chi connectivity index (χ0v) is 16.1. The largest absolute Gasteiger partial charge is 0.391 e. The molecule has 1 unspecified atom stereocenters. The number of hydrogen-bond acceptors (Lipinski definition) is 3. The Labute approximate surface area is 158 Å². The number of benzene rings is 2. The molecule has 0 aromatic heterocycles. The van der Waals surface area contributed by atoms with Crippen LogP contribution in [-0.2, 0) is 17.1 Å². The van der Waals surface area contributed by atoms with Crippen molar-refractivity contribution < 1.29 is 14.6 Å². The lowest BCUT2D eigenvalue weighted by Crippen LogP contribution is -2.31. The zero-order chi connectivity index (χ0) is 18.3. The fourth-order valence-corrected chi connectivity index (χ4v) is 4.67. The first-order valence-electron chi connectivity index (χ1n) is 8.04. The van der Waals surface area contributed by atoms with Gasteiger partial charge in [-0.15, -0.1) is 0 Å². The Morgan fingerprint density at radius 3 is 2.52 bits per heavy atom. The number of nitrogens with one attached hydrogen (secondary N) is 1. The predicted octanol–water partition coefficient (Wildman–Crippen LogP) is 3.96. The van der Waals surface area contributed by atoms with Gasteiger partial charge in [-0.25, -0.2) is 0 Å². The highest BCUT2D eigenvalue weighted by Gasteiger charge is 2.23. The van der Waals surface area contributed by atoms with Crippen molar-refractivity contribution in [2.45, 2.75) is 18.7 Å². The highest BCUT2D eigenvalue weighted by atomic mass is 35.5. The summed E-state index contributed by atoms with van der Waals surface area (Å²) >= 11 is 12.1. The van der Waals surface area contributed by atoms with E-state index in [4.69, 9.17) is 23.2 Å². The number of rotatable bonds is 9. The van der Waals surface area contributed by atoms with E-state index in [2.05, 4.69) is 5.32 Å². The smallest absolute Gasteiger partial charge is 0.207 e. The van der Waals surface area contributed by atoms with Crippen LogP contribution in [0.15, 0.2) is 48.5 Å². The maximum Gasteiger partial charge on any atom is 0.207 e. The molecule has 0 amide bonds. The first-order valence-corrected chi connectivity index (χ1v) is 10.8. The monoisotopic (exact) mass is 401 g/mol. The van der Waals surface area contributed by atoms with Crippen LogP contribution in [0.3, 0.4) is 0 Å². The van der Waals surface area contributed by atoms with Crippen LogP contribution < -0.4 is 5.32 Å². The van der Waals surface area contributed by atoms with Gasteiger partial charge in [0, 0.05) is 12.7 Å². The predicted molar refractivity (Wildman–Crippen MR) is 104 cm³/mol. The molecule has 0 fully saturated rings. The molecule has 0 saturated heterocycles. The summed E-state index contributed by atoms with van der Waals surface area (Å²) < 4.78 is 12.3. The molecule has 0 bridgehead atoms. The summed E-state index contributed by atoms with van der Waals surface area (Å²) in [6.07, 6.45) is -0.280. The number of aliphatic hydroxyl groups is 1. The lowest BCUT2D eigenvalue weighted by Gasteiger charge is -2.17. The third-order valence-corrected chi connectivity index (χ3v) is 6.46. The van der Waals surface area contributed by atoms with Crippen LogP contribution in [0.2, 0.25) is 10.0 Å². The minimum atomic E-state index is -3.42. The fourth-order valence-electron chi connectivity index (χ4n) is 2.56. The third kappa shape index (κ3) is 7.10. The van der Waals surface area contributed by atoms with E-state index in [-0.39, 0.29) is 18.9 Å². The van der Waals surface area contributed by atoms with E-state index in [9.17, 15) is 14.6 Å². The van der Waals surface area contributed by atoms with Gasteiger partial charge in [-0.3, -0.25) is 4.57 Å². The lowest BCUT2D eigenvalue weighted by molar-refractivity contribution is 0.191. The molecular formula is C18H22Cl2NO3P. The number of hydrogen-bond donors (Lipinski definition) is 3. The molecule has 0 heterocycles. The zero-order valence-electron chi connectivity index (χ0n) is 13.7. The summed E-state index contributed by atoms with van der Waals surface area (Å²) in [6.45, 7) is 0.836. The SMILES string of the molecule is O=P(O)(Cc1ccccc1)C[C@H](O)CNCCc1cccc(Cl)c1Cl. The molecular weight excluding hydrogens is 380 g/mol. The molecule has 0 aliphatic rings. The van der Waals surface area contributed by atoms with Crippen molar-refractivity contribution >= 4 is 30.6 Å². The van der Waals surface area contributed by atoms with Crippen molar-refractivity contribution in [3.63, 3.8) is 0 Å². The van der Waals surface area contributed by atoms with Gasteiger partial charge in [-0.2, -0.15) is 0 Å². The van der Waals surface area contributed by atoms with Gasteiger partial charge < -0.3 is 15.3 Å². The van der Waals surface area contributed by atoms with Crippen LogP contribution in [0, 0.1) is 0 Å². The Morgan fingerprint density at radius 2 is 1.80 bits per heavy atom. The molecule has 25 heavy (non-hydrogen) atoms. The van der Waals surface area contributed by atoms with Crippen LogP contribution in [0.1, 0.15) is 11.1 Å². The first-order chi connectivity index (χ1) is 11.9. The highest BCUT2D eigenvalue weighted by Crippen LogP contribution is 2.44. The summed E-state index contributed by atoms with van der Waals surface area (Å²) in [5.74, 6) is 0. The minimum absolute atomic E-state index is 0.0724. The Balaban J connectivity index is 1.74. The third-order valence-electron chi connectivity index (χ3n) is 3.75. The molecule has 0 radical (unpaired) electrons. The maximum atomic E-state index is 12.3. The molecule has 2 aromatic carbocycles. The number of aliphatic hydroxyl groups excluding tert-OH is 1. The molecule has 0 aliphatic heterocycles. The lowest BCUT2D eigenvalue weighted by atomic mass is 10.1.